The van der Waals surface area contributed by atoms with Crippen LogP contribution in [0, 0.1) is 11.3 Å². The third-order valence-corrected chi connectivity index (χ3v) is 2.52. The van der Waals surface area contributed by atoms with Gasteiger partial charge in [0.1, 0.15) is 17.6 Å². The molecule has 0 bridgehead atoms. The molecule has 0 spiro atoms. The Labute approximate surface area is 109 Å². The van der Waals surface area contributed by atoms with E-state index in [2.05, 4.69) is 5.32 Å². The monoisotopic (exact) mass is 254 g/mol. The van der Waals surface area contributed by atoms with Gasteiger partial charge in [-0.25, -0.2) is 0 Å². The van der Waals surface area contributed by atoms with Crippen molar-refractivity contribution in [1.82, 2.24) is 0 Å². The highest BCUT2D eigenvalue weighted by molar-refractivity contribution is 6.06. The van der Waals surface area contributed by atoms with Crippen LogP contribution in [0.2, 0.25) is 0 Å². The second kappa shape index (κ2) is 5.10. The van der Waals surface area contributed by atoms with Crippen LogP contribution in [0.4, 0.5) is 5.69 Å². The Hall–Kier alpha value is -3.00. The van der Waals surface area contributed by atoms with Crippen LogP contribution in [0.15, 0.2) is 42.5 Å². The fourth-order valence-corrected chi connectivity index (χ4v) is 1.59. The summed E-state index contributed by atoms with van der Waals surface area (Å²) in [4.78, 5) is 12.0. The van der Waals surface area contributed by atoms with E-state index in [0.29, 0.717) is 11.3 Å². The number of benzene rings is 2. The number of phenolic OH excluding ortho intramolecular Hbond substituents is 2. The summed E-state index contributed by atoms with van der Waals surface area (Å²) in [5.41, 5.74) is 0.598. The van der Waals surface area contributed by atoms with Gasteiger partial charge in [-0.2, -0.15) is 5.26 Å². The first kappa shape index (κ1) is 12.5. The van der Waals surface area contributed by atoms with E-state index in [1.165, 1.54) is 12.1 Å². The van der Waals surface area contributed by atoms with E-state index in [-0.39, 0.29) is 17.1 Å². The molecule has 0 radical (unpaired) electrons. The molecule has 3 N–H and O–H groups in total. The quantitative estimate of drug-likeness (QED) is 0.716. The van der Waals surface area contributed by atoms with Crippen molar-refractivity contribution in [3.8, 4) is 17.6 Å². The number of aromatic hydroxyl groups is 2. The minimum atomic E-state index is -0.601. The molecule has 0 saturated carbocycles. The van der Waals surface area contributed by atoms with Crippen molar-refractivity contribution in [2.75, 3.05) is 5.32 Å². The lowest BCUT2D eigenvalue weighted by atomic mass is 10.1. The van der Waals surface area contributed by atoms with E-state index >= 15 is 0 Å². The van der Waals surface area contributed by atoms with Gasteiger partial charge in [-0.15, -0.1) is 0 Å². The molecular formula is C14H10N2O3. The number of para-hydroxylation sites is 1. The Morgan fingerprint density at radius 2 is 1.89 bits per heavy atom. The van der Waals surface area contributed by atoms with E-state index < -0.39 is 5.91 Å². The summed E-state index contributed by atoms with van der Waals surface area (Å²) in [5.74, 6) is -0.975. The van der Waals surface area contributed by atoms with Crippen LogP contribution in [0.3, 0.4) is 0 Å². The highest BCUT2D eigenvalue weighted by Gasteiger charge is 2.13. The van der Waals surface area contributed by atoms with Gasteiger partial charge in [0.15, 0.2) is 0 Å². The third-order valence-electron chi connectivity index (χ3n) is 2.52. The van der Waals surface area contributed by atoms with Crippen LogP contribution in [0.1, 0.15) is 15.9 Å². The van der Waals surface area contributed by atoms with Crippen molar-refractivity contribution in [3.63, 3.8) is 0 Å². The van der Waals surface area contributed by atoms with Crippen LogP contribution < -0.4 is 5.32 Å². The number of phenols is 2. The van der Waals surface area contributed by atoms with Crippen LogP contribution in [0.25, 0.3) is 0 Å². The molecule has 0 saturated heterocycles. The van der Waals surface area contributed by atoms with Crippen molar-refractivity contribution in [2.45, 2.75) is 0 Å². The smallest absolute Gasteiger partial charge is 0.259 e. The molecule has 0 aliphatic carbocycles. The number of hydrogen-bond acceptors (Lipinski definition) is 4. The summed E-state index contributed by atoms with van der Waals surface area (Å²) in [6, 6.07) is 12.1. The average Bonchev–Trinajstić information content (AvgIpc) is 2.42. The van der Waals surface area contributed by atoms with Crippen molar-refractivity contribution >= 4 is 11.6 Å². The zero-order valence-electron chi connectivity index (χ0n) is 9.79. The van der Waals surface area contributed by atoms with E-state index in [1.54, 1.807) is 24.3 Å². The molecule has 2 rings (SSSR count). The standard InChI is InChI=1S/C14H10N2O3/c15-8-9-3-1-2-4-12(9)16-14(19)11-7-10(17)5-6-13(11)18/h1-7,17-18H,(H,16,19). The van der Waals surface area contributed by atoms with Gasteiger partial charge in [0.2, 0.25) is 0 Å². The fourth-order valence-electron chi connectivity index (χ4n) is 1.59. The Bertz CT molecular complexity index is 675. The molecule has 2 aromatic carbocycles. The second-order valence-electron chi connectivity index (χ2n) is 3.81. The number of nitriles is 1. The first-order valence-electron chi connectivity index (χ1n) is 5.44. The fraction of sp³-hybridized carbons (Fsp3) is 0. The molecule has 5 heteroatoms. The lowest BCUT2D eigenvalue weighted by Crippen LogP contribution is -2.13. The summed E-state index contributed by atoms with van der Waals surface area (Å²) < 4.78 is 0. The lowest BCUT2D eigenvalue weighted by Gasteiger charge is -2.08. The zero-order valence-corrected chi connectivity index (χ0v) is 9.79. The van der Waals surface area contributed by atoms with Gasteiger partial charge in [-0.1, -0.05) is 12.1 Å². The molecular weight excluding hydrogens is 244 g/mol. The van der Waals surface area contributed by atoms with E-state index in [4.69, 9.17) is 5.26 Å². The predicted octanol–water partition coefficient (Wildman–Crippen LogP) is 2.22. The summed E-state index contributed by atoms with van der Waals surface area (Å²) in [6.45, 7) is 0. The van der Waals surface area contributed by atoms with E-state index in [9.17, 15) is 15.0 Å². The molecule has 0 fully saturated rings. The van der Waals surface area contributed by atoms with Gasteiger partial charge in [0.05, 0.1) is 16.8 Å². The Morgan fingerprint density at radius 3 is 2.63 bits per heavy atom. The summed E-state index contributed by atoms with van der Waals surface area (Å²) >= 11 is 0. The Balaban J connectivity index is 2.31. The number of anilines is 1. The van der Waals surface area contributed by atoms with Gasteiger partial charge < -0.3 is 15.5 Å². The number of carbonyl (C=O) groups is 1. The van der Waals surface area contributed by atoms with E-state index in [0.717, 1.165) is 6.07 Å². The number of hydrogen-bond donors (Lipinski definition) is 3. The summed E-state index contributed by atoms with van der Waals surface area (Å²) in [6.07, 6.45) is 0. The molecule has 0 aliphatic heterocycles. The maximum atomic E-state index is 12.0. The maximum Gasteiger partial charge on any atom is 0.259 e. The molecule has 0 aromatic heterocycles. The van der Waals surface area contributed by atoms with Gasteiger partial charge in [-0.3, -0.25) is 4.79 Å². The Morgan fingerprint density at radius 1 is 1.16 bits per heavy atom. The number of amides is 1. The van der Waals surface area contributed by atoms with Crippen LogP contribution in [0.5, 0.6) is 11.5 Å². The second-order valence-corrected chi connectivity index (χ2v) is 3.81. The molecule has 0 unspecified atom stereocenters. The van der Waals surface area contributed by atoms with E-state index in [1.807, 2.05) is 6.07 Å². The largest absolute Gasteiger partial charge is 0.508 e. The average molecular weight is 254 g/mol. The predicted molar refractivity (Wildman–Crippen MR) is 68.9 cm³/mol. The summed E-state index contributed by atoms with van der Waals surface area (Å²) in [7, 11) is 0. The third kappa shape index (κ3) is 2.64. The van der Waals surface area contributed by atoms with Crippen LogP contribution >= 0.6 is 0 Å². The van der Waals surface area contributed by atoms with Crippen molar-refractivity contribution < 1.29 is 15.0 Å². The van der Waals surface area contributed by atoms with Crippen LogP contribution in [-0.4, -0.2) is 16.1 Å². The van der Waals surface area contributed by atoms with Crippen molar-refractivity contribution in [1.29, 1.82) is 5.26 Å². The van der Waals surface area contributed by atoms with Gasteiger partial charge in [0.25, 0.3) is 5.91 Å². The first-order valence-corrected chi connectivity index (χ1v) is 5.44. The number of carbonyl (C=O) groups excluding carboxylic acids is 1. The maximum absolute atomic E-state index is 12.0. The van der Waals surface area contributed by atoms with Crippen molar-refractivity contribution in [2.24, 2.45) is 0 Å². The SMILES string of the molecule is N#Cc1ccccc1NC(=O)c1cc(O)ccc1O. The number of nitrogens with one attached hydrogen (secondary N) is 1. The highest BCUT2D eigenvalue weighted by atomic mass is 16.3. The molecule has 5 nitrogen and oxygen atoms in total. The minimum Gasteiger partial charge on any atom is -0.508 e. The van der Waals surface area contributed by atoms with Crippen LogP contribution in [-0.2, 0) is 0 Å². The Kier molecular flexibility index (Phi) is 3.35. The normalized spacial score (nSPS) is 9.63. The molecule has 1 amide bonds. The highest BCUT2D eigenvalue weighted by Crippen LogP contribution is 2.23. The zero-order chi connectivity index (χ0) is 13.8. The number of nitrogens with zero attached hydrogens (tertiary/aromatic N) is 1. The first-order chi connectivity index (χ1) is 9.11. The lowest BCUT2D eigenvalue weighted by molar-refractivity contribution is 0.102. The molecule has 19 heavy (non-hydrogen) atoms. The molecule has 2 aromatic rings. The summed E-state index contributed by atoms with van der Waals surface area (Å²) in [5, 5.41) is 30.3. The van der Waals surface area contributed by atoms with Gasteiger partial charge >= 0.3 is 0 Å². The van der Waals surface area contributed by atoms with Gasteiger partial charge in [-0.05, 0) is 30.3 Å². The van der Waals surface area contributed by atoms with Gasteiger partial charge in [0, 0.05) is 0 Å². The molecule has 0 aliphatic rings. The molecule has 0 atom stereocenters. The van der Waals surface area contributed by atoms with Crippen molar-refractivity contribution in [3.05, 3.63) is 53.6 Å². The minimum absolute atomic E-state index is 0.0623. The topological polar surface area (TPSA) is 93.4 Å². The molecule has 0 heterocycles. The molecule has 94 valence electrons. The number of rotatable bonds is 2.